The largest absolute Gasteiger partial charge is 0.510 e. The number of hydrogen-bond acceptors (Lipinski definition) is 13. The Labute approximate surface area is 216 Å². The van der Waals surface area contributed by atoms with Crippen molar-refractivity contribution in [3.8, 4) is 0 Å². The van der Waals surface area contributed by atoms with Crippen LogP contribution in [0.4, 0.5) is 10.6 Å². The number of carbonyl (C=O) groups is 2. The predicted octanol–water partition coefficient (Wildman–Crippen LogP) is -0.360. The predicted molar refractivity (Wildman–Crippen MR) is 125 cm³/mol. The number of likely N-dealkylation sites (N-methyl/N-ethyl adjacent to an activating group) is 1. The van der Waals surface area contributed by atoms with E-state index in [0.717, 1.165) is 6.42 Å². The van der Waals surface area contributed by atoms with Gasteiger partial charge in [0.2, 0.25) is 17.5 Å². The topological polar surface area (TPSA) is 191 Å². The molecule has 2 aliphatic rings. The van der Waals surface area contributed by atoms with Gasteiger partial charge in [0.05, 0.1) is 32.0 Å². The molecule has 6 atom stereocenters. The molecule has 2 aliphatic heterocycles. The number of ether oxygens (including phenoxy) is 4. The Morgan fingerprint density at radius 1 is 1.35 bits per heavy atom. The molecule has 0 radical (unpaired) electrons. The first-order valence-corrected chi connectivity index (χ1v) is 12.1. The van der Waals surface area contributed by atoms with E-state index in [-0.39, 0.29) is 30.1 Å². The van der Waals surface area contributed by atoms with Gasteiger partial charge in [0, 0.05) is 20.2 Å². The first-order chi connectivity index (χ1) is 17.7. The highest BCUT2D eigenvalue weighted by molar-refractivity contribution is 6.28. The Kier molecular flexibility index (Phi) is 8.61. The van der Waals surface area contributed by atoms with Crippen LogP contribution >= 0.6 is 11.6 Å². The SMILES string of the molecule is CCOC(=O)OC(O)CC(=O)N(C)C[C@H]1O[C@@H](n2cnc3c(N[C@H]4CCOC4)nc(Cl)nc32)[C@H](O)[C@@H]1O. The van der Waals surface area contributed by atoms with E-state index >= 15 is 0 Å². The van der Waals surface area contributed by atoms with Crippen molar-refractivity contribution < 1.29 is 43.9 Å². The first kappa shape index (κ1) is 27.2. The highest BCUT2D eigenvalue weighted by Gasteiger charge is 2.45. The molecule has 0 aliphatic carbocycles. The third-order valence-electron chi connectivity index (χ3n) is 6.00. The maximum atomic E-state index is 12.4. The minimum atomic E-state index is -1.71. The third kappa shape index (κ3) is 6.19. The second kappa shape index (κ2) is 11.7. The Hall–Kier alpha value is -2.82. The number of amides is 1. The molecule has 16 heteroatoms. The molecule has 1 amide bonds. The summed E-state index contributed by atoms with van der Waals surface area (Å²) in [6.45, 7) is 2.63. The van der Waals surface area contributed by atoms with E-state index in [1.165, 1.54) is 22.8 Å². The van der Waals surface area contributed by atoms with Crippen molar-refractivity contribution >= 4 is 40.6 Å². The molecule has 1 unspecified atom stereocenters. The normalized spacial score (nSPS) is 26.3. The highest BCUT2D eigenvalue weighted by atomic mass is 35.5. The van der Waals surface area contributed by atoms with Crippen LogP contribution in [-0.2, 0) is 23.7 Å². The Morgan fingerprint density at radius 2 is 2.14 bits per heavy atom. The fourth-order valence-corrected chi connectivity index (χ4v) is 4.27. The van der Waals surface area contributed by atoms with Crippen molar-refractivity contribution in [2.45, 2.75) is 56.6 Å². The summed E-state index contributed by atoms with van der Waals surface area (Å²) in [5.41, 5.74) is 0.676. The van der Waals surface area contributed by atoms with Crippen LogP contribution in [0.5, 0.6) is 0 Å². The van der Waals surface area contributed by atoms with Gasteiger partial charge in [-0.15, -0.1) is 0 Å². The molecule has 4 heterocycles. The third-order valence-corrected chi connectivity index (χ3v) is 6.17. The van der Waals surface area contributed by atoms with Crippen molar-refractivity contribution in [1.29, 1.82) is 0 Å². The number of rotatable bonds is 9. The zero-order valence-electron chi connectivity index (χ0n) is 20.2. The summed E-state index contributed by atoms with van der Waals surface area (Å²) in [5.74, 6) is -0.187. The second-order valence-corrected chi connectivity index (χ2v) is 8.99. The minimum absolute atomic E-state index is 0.0353. The fraction of sp³-hybridized carbons (Fsp3) is 0.667. The highest BCUT2D eigenvalue weighted by Crippen LogP contribution is 2.33. The summed E-state index contributed by atoms with van der Waals surface area (Å²) in [5, 5.41) is 34.3. The average molecular weight is 545 g/mol. The second-order valence-electron chi connectivity index (χ2n) is 8.65. The summed E-state index contributed by atoms with van der Waals surface area (Å²) in [4.78, 5) is 37.7. The van der Waals surface area contributed by atoms with Crippen LogP contribution in [0, 0.1) is 0 Å². The zero-order chi connectivity index (χ0) is 26.7. The molecular formula is C21H29ClN6O9. The lowest BCUT2D eigenvalue weighted by Gasteiger charge is -2.24. The fourth-order valence-electron chi connectivity index (χ4n) is 4.11. The van der Waals surface area contributed by atoms with Crippen LogP contribution in [0.2, 0.25) is 5.28 Å². The monoisotopic (exact) mass is 544 g/mol. The lowest BCUT2D eigenvalue weighted by atomic mass is 10.1. The van der Waals surface area contributed by atoms with Gasteiger partial charge in [-0.05, 0) is 24.9 Å². The lowest BCUT2D eigenvalue weighted by Crippen LogP contribution is -2.41. The van der Waals surface area contributed by atoms with Gasteiger partial charge in [-0.2, -0.15) is 9.97 Å². The molecule has 0 saturated carbocycles. The van der Waals surface area contributed by atoms with Crippen LogP contribution in [0.1, 0.15) is 26.0 Å². The van der Waals surface area contributed by atoms with E-state index in [1.807, 2.05) is 0 Å². The van der Waals surface area contributed by atoms with Crippen LogP contribution in [-0.4, -0.2) is 116 Å². The van der Waals surface area contributed by atoms with Gasteiger partial charge in [-0.25, -0.2) is 9.78 Å². The Bertz CT molecular complexity index is 1110. The first-order valence-electron chi connectivity index (χ1n) is 11.7. The molecule has 15 nitrogen and oxygen atoms in total. The van der Waals surface area contributed by atoms with Crippen LogP contribution in [0.25, 0.3) is 11.2 Å². The number of nitrogens with zero attached hydrogens (tertiary/aromatic N) is 5. The number of fused-ring (bicyclic) bond motifs is 1. The molecule has 0 bridgehead atoms. The van der Waals surface area contributed by atoms with Gasteiger partial charge >= 0.3 is 6.16 Å². The molecule has 204 valence electrons. The van der Waals surface area contributed by atoms with Crippen molar-refractivity contribution in [1.82, 2.24) is 24.4 Å². The van der Waals surface area contributed by atoms with Crippen molar-refractivity contribution in [3.63, 3.8) is 0 Å². The summed E-state index contributed by atoms with van der Waals surface area (Å²) < 4.78 is 21.8. The van der Waals surface area contributed by atoms with E-state index in [1.54, 1.807) is 6.92 Å². The van der Waals surface area contributed by atoms with Gasteiger partial charge in [-0.1, -0.05) is 0 Å². The zero-order valence-corrected chi connectivity index (χ0v) is 20.9. The number of carbonyl (C=O) groups excluding carboxylic acids is 2. The van der Waals surface area contributed by atoms with E-state index in [2.05, 4.69) is 29.7 Å². The van der Waals surface area contributed by atoms with E-state index < -0.39 is 49.3 Å². The number of aromatic nitrogens is 4. The number of nitrogens with one attached hydrogen (secondary N) is 1. The maximum absolute atomic E-state index is 12.4. The quantitative estimate of drug-likeness (QED) is 0.182. The smallest absolute Gasteiger partial charge is 0.435 e. The molecule has 0 aromatic carbocycles. The molecular weight excluding hydrogens is 516 g/mol. The Morgan fingerprint density at radius 3 is 2.84 bits per heavy atom. The number of anilines is 1. The van der Waals surface area contributed by atoms with Gasteiger partial charge in [0.15, 0.2) is 23.2 Å². The number of imidazole rings is 1. The number of halogens is 1. The summed E-state index contributed by atoms with van der Waals surface area (Å²) >= 11 is 6.14. The van der Waals surface area contributed by atoms with Crippen LogP contribution in [0.3, 0.4) is 0 Å². The molecule has 2 aromatic rings. The number of aliphatic hydroxyl groups excluding tert-OH is 3. The van der Waals surface area contributed by atoms with Crippen molar-refractivity contribution in [2.75, 3.05) is 38.7 Å². The van der Waals surface area contributed by atoms with E-state index in [0.29, 0.717) is 24.5 Å². The van der Waals surface area contributed by atoms with Gasteiger partial charge < -0.3 is 44.5 Å². The van der Waals surface area contributed by atoms with Crippen molar-refractivity contribution in [2.24, 2.45) is 0 Å². The Balaban J connectivity index is 1.43. The number of aliphatic hydroxyl groups is 3. The molecule has 4 rings (SSSR count). The molecule has 37 heavy (non-hydrogen) atoms. The average Bonchev–Trinajstić information content (AvgIpc) is 3.56. The van der Waals surface area contributed by atoms with Gasteiger partial charge in [0.25, 0.3) is 0 Å². The molecule has 2 saturated heterocycles. The summed E-state index contributed by atoms with van der Waals surface area (Å²) in [6.07, 6.45) is -5.96. The van der Waals surface area contributed by atoms with E-state index in [4.69, 9.17) is 21.1 Å². The van der Waals surface area contributed by atoms with E-state index in [9.17, 15) is 24.9 Å². The minimum Gasteiger partial charge on any atom is -0.435 e. The molecule has 2 fully saturated rings. The van der Waals surface area contributed by atoms with Crippen LogP contribution in [0.15, 0.2) is 6.33 Å². The van der Waals surface area contributed by atoms with Crippen LogP contribution < -0.4 is 5.32 Å². The maximum Gasteiger partial charge on any atom is 0.510 e. The molecule has 4 N–H and O–H groups in total. The molecule has 0 spiro atoms. The van der Waals surface area contributed by atoms with Gasteiger partial charge in [-0.3, -0.25) is 9.36 Å². The summed E-state index contributed by atoms with van der Waals surface area (Å²) in [6, 6.07) is 0.0353. The van der Waals surface area contributed by atoms with Gasteiger partial charge in [0.1, 0.15) is 18.3 Å². The lowest BCUT2D eigenvalue weighted by molar-refractivity contribution is -0.143. The number of hydrogen-bond donors (Lipinski definition) is 4. The summed E-state index contributed by atoms with van der Waals surface area (Å²) in [7, 11) is 1.42. The van der Waals surface area contributed by atoms with Crippen molar-refractivity contribution in [3.05, 3.63) is 11.6 Å². The standard InChI is InChI=1S/C21H29ClN6O9/c1-3-35-21(33)37-13(30)6-12(29)27(2)7-11-15(31)16(32)19(36-11)28-9-23-14-17(24-10-4-5-34-8-10)25-20(22)26-18(14)28/h9-11,13,15-16,19,30-32H,3-8H2,1-2H3,(H,24,25,26)/t10-,11+,13?,15+,16+,19+/m0/s1. The molecule has 2 aromatic heterocycles.